The minimum atomic E-state index is -4.52. The van der Waals surface area contributed by atoms with Crippen molar-refractivity contribution in [2.45, 2.75) is 51.9 Å². The van der Waals surface area contributed by atoms with Crippen molar-refractivity contribution in [3.05, 3.63) is 29.3 Å². The maximum Gasteiger partial charge on any atom is 0.472 e. The van der Waals surface area contributed by atoms with Gasteiger partial charge in [0.1, 0.15) is 5.75 Å². The Balaban J connectivity index is 2.23. The first-order chi connectivity index (χ1) is 10.3. The lowest BCUT2D eigenvalue weighted by molar-refractivity contribution is 0.0804. The molecule has 1 aromatic carbocycles. The maximum atomic E-state index is 10.8. The summed E-state index contributed by atoms with van der Waals surface area (Å²) in [6.45, 7) is 5.89. The van der Waals surface area contributed by atoms with E-state index in [1.165, 1.54) is 19.3 Å². The van der Waals surface area contributed by atoms with E-state index in [1.807, 2.05) is 18.2 Å². The van der Waals surface area contributed by atoms with Gasteiger partial charge in [0.25, 0.3) is 0 Å². The Bertz CT molecular complexity index is 547. The van der Waals surface area contributed by atoms with Crippen LogP contribution in [0.3, 0.4) is 0 Å². The second kappa shape index (κ2) is 7.14. The van der Waals surface area contributed by atoms with Crippen molar-refractivity contribution in [3.63, 3.8) is 0 Å². The largest absolute Gasteiger partial charge is 0.472 e. The number of benzene rings is 1. The van der Waals surface area contributed by atoms with Crippen LogP contribution in [0.25, 0.3) is 0 Å². The molecule has 124 valence electrons. The fraction of sp³-hybridized carbons (Fsp3) is 0.625. The molecule has 0 bridgehead atoms. The monoisotopic (exact) mass is 328 g/mol. The van der Waals surface area contributed by atoms with Gasteiger partial charge < -0.3 is 14.5 Å². The smallest absolute Gasteiger partial charge is 0.466 e. The van der Waals surface area contributed by atoms with Gasteiger partial charge in [-0.15, -0.1) is 0 Å². The normalized spacial score (nSPS) is 17.4. The predicted octanol–water partition coefficient (Wildman–Crippen LogP) is 4.16. The van der Waals surface area contributed by atoms with Crippen LogP contribution in [0.1, 0.15) is 63.0 Å². The van der Waals surface area contributed by atoms with E-state index in [1.54, 1.807) is 0 Å². The molecule has 0 aromatic heterocycles. The zero-order chi connectivity index (χ0) is 16.3. The molecule has 0 unspecified atom stereocenters. The second-order valence-corrected chi connectivity index (χ2v) is 7.52. The Labute approximate surface area is 131 Å². The summed E-state index contributed by atoms with van der Waals surface area (Å²) in [4.78, 5) is 17.6. The number of ether oxygens (including phenoxy) is 1. The summed E-state index contributed by atoms with van der Waals surface area (Å²) in [5.41, 5.74) is 2.14. The van der Waals surface area contributed by atoms with Crippen LogP contribution < -0.4 is 4.74 Å². The molecule has 0 heterocycles. The molecule has 5 nitrogen and oxygen atoms in total. The van der Waals surface area contributed by atoms with Gasteiger partial charge in [0, 0.05) is 0 Å². The topological polar surface area (TPSA) is 76.0 Å². The van der Waals surface area contributed by atoms with Gasteiger partial charge in [0.15, 0.2) is 6.79 Å². The van der Waals surface area contributed by atoms with Crippen molar-refractivity contribution >= 4 is 7.82 Å². The minimum absolute atomic E-state index is 0.263. The molecule has 2 N–H and O–H groups in total. The molecule has 0 saturated heterocycles. The Hall–Kier alpha value is -0.870. The Kier molecular flexibility index (Phi) is 5.67. The highest BCUT2D eigenvalue weighted by Crippen LogP contribution is 2.44. The SMILES string of the molecule is CC(C)c1cccc([C@H](C)C2CCC2)c1OCOP(=O)(O)O. The predicted molar refractivity (Wildman–Crippen MR) is 84.9 cm³/mol. The molecule has 0 radical (unpaired) electrons. The van der Waals surface area contributed by atoms with Crippen molar-refractivity contribution in [2.75, 3.05) is 6.79 Å². The number of hydrogen-bond donors (Lipinski definition) is 2. The van der Waals surface area contributed by atoms with E-state index >= 15 is 0 Å². The summed E-state index contributed by atoms with van der Waals surface area (Å²) >= 11 is 0. The molecule has 2 rings (SSSR count). The summed E-state index contributed by atoms with van der Waals surface area (Å²) in [5.74, 6) is 2.01. The average molecular weight is 328 g/mol. The second-order valence-electron chi connectivity index (χ2n) is 6.28. The van der Waals surface area contributed by atoms with Crippen LogP contribution in [-0.2, 0) is 9.09 Å². The lowest BCUT2D eigenvalue weighted by atomic mass is 9.73. The van der Waals surface area contributed by atoms with Gasteiger partial charge in [-0.3, -0.25) is 0 Å². The van der Waals surface area contributed by atoms with E-state index in [2.05, 4.69) is 25.3 Å². The number of hydrogen-bond acceptors (Lipinski definition) is 3. The third-order valence-electron chi connectivity index (χ3n) is 4.47. The number of phosphoric ester groups is 1. The summed E-state index contributed by atoms with van der Waals surface area (Å²) < 4.78 is 20.9. The summed E-state index contributed by atoms with van der Waals surface area (Å²) in [5, 5.41) is 0. The third kappa shape index (κ3) is 4.32. The molecule has 1 fully saturated rings. The highest BCUT2D eigenvalue weighted by molar-refractivity contribution is 7.46. The molecule has 1 saturated carbocycles. The van der Waals surface area contributed by atoms with Crippen LogP contribution in [0.4, 0.5) is 0 Å². The Morgan fingerprint density at radius 2 is 1.86 bits per heavy atom. The van der Waals surface area contributed by atoms with E-state index < -0.39 is 14.6 Å². The lowest BCUT2D eigenvalue weighted by Crippen LogP contribution is -2.19. The van der Waals surface area contributed by atoms with Gasteiger partial charge in [-0.1, -0.05) is 45.4 Å². The van der Waals surface area contributed by atoms with Crippen molar-refractivity contribution in [1.82, 2.24) is 0 Å². The standard InChI is InChI=1S/C16H25O5P/c1-11(2)14-8-5-9-15(12(3)13-6-4-7-13)16(14)20-10-21-22(17,18)19/h5,8-9,11-13H,4,6-7,10H2,1-3H3,(H2,17,18,19)/t12-/m1/s1. The molecular formula is C16H25O5P. The molecule has 1 aliphatic rings. The van der Waals surface area contributed by atoms with Gasteiger partial charge >= 0.3 is 7.82 Å². The van der Waals surface area contributed by atoms with E-state index in [-0.39, 0.29) is 5.92 Å². The van der Waals surface area contributed by atoms with Crippen LogP contribution in [0.2, 0.25) is 0 Å². The van der Waals surface area contributed by atoms with Crippen LogP contribution in [0.5, 0.6) is 5.75 Å². The van der Waals surface area contributed by atoms with Gasteiger partial charge in [-0.05, 0) is 41.7 Å². The summed E-state index contributed by atoms with van der Waals surface area (Å²) in [6.07, 6.45) is 3.73. The summed E-state index contributed by atoms with van der Waals surface area (Å²) in [6, 6.07) is 6.06. The van der Waals surface area contributed by atoms with Crippen molar-refractivity contribution in [3.8, 4) is 5.75 Å². The molecule has 1 aliphatic carbocycles. The molecule has 1 atom stereocenters. The molecule has 0 amide bonds. The molecular weight excluding hydrogens is 303 g/mol. The molecule has 1 aromatic rings. The number of rotatable bonds is 7. The van der Waals surface area contributed by atoms with Gasteiger partial charge in [0.2, 0.25) is 0 Å². The maximum absolute atomic E-state index is 10.8. The Morgan fingerprint density at radius 3 is 2.36 bits per heavy atom. The van der Waals surface area contributed by atoms with Crippen LogP contribution in [-0.4, -0.2) is 16.6 Å². The highest BCUT2D eigenvalue weighted by atomic mass is 31.2. The van der Waals surface area contributed by atoms with E-state index in [0.29, 0.717) is 17.6 Å². The fourth-order valence-electron chi connectivity index (χ4n) is 2.90. The minimum Gasteiger partial charge on any atom is -0.466 e. The van der Waals surface area contributed by atoms with Gasteiger partial charge in [-0.25, -0.2) is 9.09 Å². The van der Waals surface area contributed by atoms with Crippen LogP contribution >= 0.6 is 7.82 Å². The van der Waals surface area contributed by atoms with E-state index in [9.17, 15) is 4.57 Å². The first-order valence-electron chi connectivity index (χ1n) is 7.75. The van der Waals surface area contributed by atoms with Crippen molar-refractivity contribution in [2.24, 2.45) is 5.92 Å². The lowest BCUT2D eigenvalue weighted by Gasteiger charge is -2.33. The first kappa shape index (κ1) is 17.5. The highest BCUT2D eigenvalue weighted by Gasteiger charge is 2.28. The molecule has 6 heteroatoms. The zero-order valence-electron chi connectivity index (χ0n) is 13.4. The first-order valence-corrected chi connectivity index (χ1v) is 9.28. The van der Waals surface area contributed by atoms with E-state index in [0.717, 1.165) is 11.1 Å². The van der Waals surface area contributed by atoms with Crippen molar-refractivity contribution < 1.29 is 23.6 Å². The fourth-order valence-corrected chi connectivity index (χ4v) is 3.09. The molecule has 0 aliphatic heterocycles. The quantitative estimate of drug-likeness (QED) is 0.580. The van der Waals surface area contributed by atoms with E-state index in [4.69, 9.17) is 14.5 Å². The average Bonchev–Trinajstić information content (AvgIpc) is 2.34. The zero-order valence-corrected chi connectivity index (χ0v) is 14.3. The molecule has 0 spiro atoms. The van der Waals surface area contributed by atoms with Gasteiger partial charge in [-0.2, -0.15) is 0 Å². The Morgan fingerprint density at radius 1 is 1.23 bits per heavy atom. The molecule has 22 heavy (non-hydrogen) atoms. The van der Waals surface area contributed by atoms with Crippen molar-refractivity contribution in [1.29, 1.82) is 0 Å². The third-order valence-corrected chi connectivity index (χ3v) is 4.91. The van der Waals surface area contributed by atoms with Gasteiger partial charge in [0.05, 0.1) is 0 Å². The van der Waals surface area contributed by atoms with Crippen LogP contribution in [0.15, 0.2) is 18.2 Å². The van der Waals surface area contributed by atoms with Crippen LogP contribution in [0, 0.1) is 5.92 Å². The number of para-hydroxylation sites is 1. The summed E-state index contributed by atoms with van der Waals surface area (Å²) in [7, 11) is -4.52. The number of phosphoric acid groups is 1.